The van der Waals surface area contributed by atoms with Gasteiger partial charge in [-0.25, -0.2) is 15.0 Å². The van der Waals surface area contributed by atoms with Crippen molar-refractivity contribution in [2.45, 2.75) is 0 Å². The van der Waals surface area contributed by atoms with Crippen LogP contribution in [0.2, 0.25) is 0 Å². The lowest BCUT2D eigenvalue weighted by atomic mass is 9.96. The van der Waals surface area contributed by atoms with E-state index in [1.165, 1.54) is 168 Å². The summed E-state index contributed by atoms with van der Waals surface area (Å²) in [5.41, 5.74) is 30.0. The topological polar surface area (TPSA) is 53.5 Å². The summed E-state index contributed by atoms with van der Waals surface area (Å²) in [6, 6.07) is 192. The minimum absolute atomic E-state index is 0.948. The molecule has 0 amide bonds. The predicted octanol–water partition coefficient (Wildman–Crippen LogP) is 36.8. The van der Waals surface area contributed by atoms with Crippen molar-refractivity contribution in [3.8, 4) is 118 Å². The Bertz CT molecular complexity index is 9620. The minimum Gasteiger partial charge on any atom is -0.309 e. The minimum atomic E-state index is 0.948. The molecule has 6 heterocycles. The maximum absolute atomic E-state index is 5.33. The monoisotopic (exact) mass is 1820 g/mol. The van der Waals surface area contributed by atoms with E-state index in [9.17, 15) is 0 Å². The van der Waals surface area contributed by atoms with Crippen molar-refractivity contribution in [1.82, 2.24) is 28.7 Å². The van der Waals surface area contributed by atoms with E-state index in [4.69, 9.17) is 15.0 Å². The van der Waals surface area contributed by atoms with Gasteiger partial charge < -0.3 is 13.7 Å². The molecule has 0 aliphatic carbocycles. The Balaban J connectivity index is 0.000000107. The summed E-state index contributed by atoms with van der Waals surface area (Å²) in [6.07, 6.45) is 0. The lowest BCUT2D eigenvalue weighted by molar-refractivity contribution is 1.18. The summed E-state index contributed by atoms with van der Waals surface area (Å²) >= 11 is 0. The summed E-state index contributed by atoms with van der Waals surface area (Å²) < 4.78 is 7.37. The highest BCUT2D eigenvalue weighted by atomic mass is 15.0. The Morgan fingerprint density at radius 1 is 0.126 bits per heavy atom. The van der Waals surface area contributed by atoms with E-state index in [2.05, 4.69) is 541 Å². The summed E-state index contributed by atoms with van der Waals surface area (Å²) in [5, 5.41) is 27.7. The van der Waals surface area contributed by atoms with Crippen LogP contribution in [0.4, 0.5) is 0 Å². The van der Waals surface area contributed by atoms with Gasteiger partial charge in [0.25, 0.3) is 0 Å². The molecule has 0 fully saturated rings. The lowest BCUT2D eigenvalue weighted by Crippen LogP contribution is -1.98. The Labute approximate surface area is 826 Å². The number of fused-ring (bicyclic) bond motifs is 23. The average Bonchev–Trinajstić information content (AvgIpc) is 1.58. The Morgan fingerprint density at radius 2 is 0.371 bits per heavy atom. The van der Waals surface area contributed by atoms with Gasteiger partial charge in [-0.2, -0.15) is 0 Å². The van der Waals surface area contributed by atoms with Crippen molar-refractivity contribution in [1.29, 1.82) is 0 Å². The Hall–Kier alpha value is -19.0. The molecule has 0 saturated carbocycles. The molecule has 6 nitrogen and oxygen atoms in total. The molecular weight excluding hydrogens is 1730 g/mol. The highest BCUT2D eigenvalue weighted by Crippen LogP contribution is 2.49. The highest BCUT2D eigenvalue weighted by Gasteiger charge is 2.26. The van der Waals surface area contributed by atoms with Gasteiger partial charge in [-0.1, -0.05) is 431 Å². The van der Waals surface area contributed by atoms with Gasteiger partial charge >= 0.3 is 0 Å². The second kappa shape index (κ2) is 35.2. The molecule has 0 radical (unpaired) electrons. The van der Waals surface area contributed by atoms with Gasteiger partial charge in [-0.3, -0.25) is 0 Å². The van der Waals surface area contributed by atoms with Crippen molar-refractivity contribution < 1.29 is 0 Å². The molecule has 6 aromatic heterocycles. The predicted molar refractivity (Wildman–Crippen MR) is 605 cm³/mol. The zero-order chi connectivity index (χ0) is 94.4. The zero-order valence-electron chi connectivity index (χ0n) is 78.0. The van der Waals surface area contributed by atoms with Gasteiger partial charge in [0.15, 0.2) is 0 Å². The van der Waals surface area contributed by atoms with Crippen LogP contribution >= 0.6 is 0 Å². The van der Waals surface area contributed by atoms with E-state index in [-0.39, 0.29) is 0 Å². The van der Waals surface area contributed by atoms with E-state index >= 15 is 0 Å². The van der Waals surface area contributed by atoms with Crippen molar-refractivity contribution in [2.75, 3.05) is 0 Å². The molecule has 0 aliphatic rings. The van der Waals surface area contributed by atoms with Crippen LogP contribution in [0.25, 0.3) is 270 Å². The Kier molecular flexibility index (Phi) is 20.5. The van der Waals surface area contributed by atoms with Crippen LogP contribution in [0.3, 0.4) is 0 Å². The van der Waals surface area contributed by atoms with Crippen LogP contribution in [-0.2, 0) is 0 Å². The molecule has 29 aromatic rings. The Morgan fingerprint density at radius 3 is 0.706 bits per heavy atom. The number of benzene rings is 23. The molecular formula is C137H88N6. The van der Waals surface area contributed by atoms with Crippen LogP contribution in [0.1, 0.15) is 0 Å². The normalized spacial score (nSPS) is 11.6. The maximum atomic E-state index is 5.33. The van der Waals surface area contributed by atoms with Crippen LogP contribution in [0.5, 0.6) is 0 Å². The number of hydrogen-bond acceptors (Lipinski definition) is 3. The molecule has 23 aromatic carbocycles. The van der Waals surface area contributed by atoms with Gasteiger partial charge in [-0.05, 0) is 212 Å². The summed E-state index contributed by atoms with van der Waals surface area (Å²) in [4.78, 5) is 15.8. The SMILES string of the molecule is c1ccc(-c2cc(-c3ccccc3)nc(-c3cc(-n4c5ccc6ccccc6c5c5c6ccccc6ccc54)c4ccccc4c3)c2)cc1.c1ccc(-c2cc(-c3ccccc3)nc(-c3ccc(-n4c5ccc6ccccc6c5c5c6ccccc6ccc54)c4ccccc34)c2)cc1.c1ccc(-c2cc(-c3ccccc3)nc(-c3ccc(-n4c5ccc6ccccc6c5c5c6ccccc6ccc54)cc3)c2)cc1. The van der Waals surface area contributed by atoms with Gasteiger partial charge in [0, 0.05) is 82.2 Å². The third-order valence-electron chi connectivity index (χ3n) is 28.9. The molecule has 0 atom stereocenters. The second-order valence-corrected chi connectivity index (χ2v) is 37.1. The van der Waals surface area contributed by atoms with Crippen LogP contribution < -0.4 is 0 Å². The first-order valence-corrected chi connectivity index (χ1v) is 49.0. The van der Waals surface area contributed by atoms with Crippen molar-refractivity contribution in [3.05, 3.63) is 534 Å². The molecule has 6 heteroatoms. The number of aromatic nitrogens is 6. The molecule has 666 valence electrons. The van der Waals surface area contributed by atoms with E-state index in [1.807, 2.05) is 6.07 Å². The first kappa shape index (κ1) is 83.4. The fourth-order valence-electron chi connectivity index (χ4n) is 22.2. The van der Waals surface area contributed by atoms with Crippen molar-refractivity contribution >= 4 is 152 Å². The smallest absolute Gasteiger partial charge is 0.0721 e. The van der Waals surface area contributed by atoms with Crippen LogP contribution in [0, 0.1) is 0 Å². The van der Waals surface area contributed by atoms with Crippen LogP contribution in [-0.4, -0.2) is 28.7 Å². The molecule has 0 saturated heterocycles. The quantitative estimate of drug-likeness (QED) is 0.122. The molecule has 0 bridgehead atoms. The van der Waals surface area contributed by atoms with Gasteiger partial charge in [0.1, 0.15) is 0 Å². The molecule has 0 unspecified atom stereocenters. The third-order valence-corrected chi connectivity index (χ3v) is 28.9. The molecule has 0 spiro atoms. The van der Waals surface area contributed by atoms with Gasteiger partial charge in [-0.15, -0.1) is 0 Å². The van der Waals surface area contributed by atoms with E-state index in [0.717, 1.165) is 101 Å². The zero-order valence-corrected chi connectivity index (χ0v) is 78.0. The van der Waals surface area contributed by atoms with Crippen LogP contribution in [0.15, 0.2) is 534 Å². The van der Waals surface area contributed by atoms with E-state index in [1.54, 1.807) is 0 Å². The number of hydrogen-bond donors (Lipinski definition) is 0. The molecule has 0 aliphatic heterocycles. The van der Waals surface area contributed by atoms with Crippen molar-refractivity contribution in [2.24, 2.45) is 0 Å². The summed E-state index contributed by atoms with van der Waals surface area (Å²) in [6.45, 7) is 0. The number of nitrogens with zero attached hydrogens (tertiary/aromatic N) is 6. The highest BCUT2D eigenvalue weighted by molar-refractivity contribution is 6.32. The largest absolute Gasteiger partial charge is 0.309 e. The first-order chi connectivity index (χ1) is 70.9. The number of rotatable bonds is 12. The van der Waals surface area contributed by atoms with E-state index in [0.29, 0.717) is 0 Å². The first-order valence-electron chi connectivity index (χ1n) is 49.0. The third kappa shape index (κ3) is 14.7. The molecule has 143 heavy (non-hydrogen) atoms. The van der Waals surface area contributed by atoms with Gasteiger partial charge in [0.05, 0.1) is 78.6 Å². The standard InChI is InChI=1S/2C47H30N2.C43H28N2/c1-3-13-31(14-4-1)36-28-41(34-17-5-2-6-18-34)48-42(29-36)37-27-35-19-9-10-20-38(35)45(30-37)49-43-25-23-32-15-7-11-21-39(32)46(43)47-40-22-12-8-16-33(40)24-26-44(47)49;1-3-13-31(14-4-1)35-29-41(34-17-5-2-6-18-34)48-42(30-35)39-25-28-43(40-22-12-11-21-38(39)40)49-44-26-23-32-15-7-9-19-36(32)46(44)47-37-20-10-8-16-33(37)24-27-45(47)49;1-3-11-29(12-4-1)34-27-38(32-15-5-2-6-16-32)44-39(28-34)33-19-23-35(24-20-33)45-40-25-21-30-13-7-9-17-36(30)42(40)43-37-18-10-8-14-31(37)22-26-41(43)45/h2*1-30H;1-28H. The summed E-state index contributed by atoms with van der Waals surface area (Å²) in [7, 11) is 0. The fraction of sp³-hybridized carbons (Fsp3) is 0. The molecule has 29 rings (SSSR count). The fourth-order valence-corrected chi connectivity index (χ4v) is 22.2. The number of pyridine rings is 3. The van der Waals surface area contributed by atoms with Crippen molar-refractivity contribution in [3.63, 3.8) is 0 Å². The summed E-state index contributed by atoms with van der Waals surface area (Å²) in [5.74, 6) is 0. The van der Waals surface area contributed by atoms with Gasteiger partial charge in [0.2, 0.25) is 0 Å². The molecule has 0 N–H and O–H groups in total. The average molecular weight is 1820 g/mol. The maximum Gasteiger partial charge on any atom is 0.0721 e. The van der Waals surface area contributed by atoms with E-state index < -0.39 is 0 Å². The second-order valence-electron chi connectivity index (χ2n) is 37.1. The lowest BCUT2D eigenvalue weighted by Gasteiger charge is -2.16.